The summed E-state index contributed by atoms with van der Waals surface area (Å²) in [5, 5.41) is 1.31. The molecule has 3 heteroatoms. The predicted octanol–water partition coefficient (Wildman–Crippen LogP) is 0.615. The molecule has 0 amide bonds. The lowest BCUT2D eigenvalue weighted by Crippen LogP contribution is -2.46. The van der Waals surface area contributed by atoms with Gasteiger partial charge < -0.3 is 0 Å². The molecule has 0 saturated heterocycles. The summed E-state index contributed by atoms with van der Waals surface area (Å²) in [5.41, 5.74) is 0. The molecule has 0 bridgehead atoms. The van der Waals surface area contributed by atoms with E-state index in [4.69, 9.17) is 11.7 Å². The van der Waals surface area contributed by atoms with Crippen LogP contribution in [0.1, 0.15) is 33.1 Å². The molecule has 0 aromatic carbocycles. The smallest absolute Gasteiger partial charge is 0.0392 e. The van der Waals surface area contributed by atoms with E-state index in [1.165, 1.54) is 5.12 Å². The lowest BCUT2D eigenvalue weighted by Gasteiger charge is -2.20. The highest BCUT2D eigenvalue weighted by Crippen LogP contribution is 2.02. The number of rotatable bonds is 4. The second-order valence-corrected chi connectivity index (χ2v) is 2.30. The van der Waals surface area contributed by atoms with Crippen molar-refractivity contribution in [2.24, 2.45) is 11.7 Å². The van der Waals surface area contributed by atoms with Gasteiger partial charge in [0.15, 0.2) is 0 Å². The molecule has 0 radical (unpaired) electrons. The van der Waals surface area contributed by atoms with E-state index in [9.17, 15) is 0 Å². The van der Waals surface area contributed by atoms with Crippen molar-refractivity contribution in [2.75, 3.05) is 0 Å². The fraction of sp³-hybridized carbons (Fsp3) is 1.00. The van der Waals surface area contributed by atoms with E-state index in [0.29, 0.717) is 6.04 Å². The van der Waals surface area contributed by atoms with Crippen LogP contribution in [0.5, 0.6) is 0 Å². The van der Waals surface area contributed by atoms with Crippen molar-refractivity contribution in [3.05, 3.63) is 0 Å². The van der Waals surface area contributed by atoms with Crippen LogP contribution in [-0.2, 0) is 0 Å². The Kier molecular flexibility index (Phi) is 4.67. The van der Waals surface area contributed by atoms with E-state index in [1.807, 2.05) is 0 Å². The Morgan fingerprint density at radius 1 is 1.33 bits per heavy atom. The van der Waals surface area contributed by atoms with Crippen molar-refractivity contribution in [3.8, 4) is 0 Å². The van der Waals surface area contributed by atoms with Crippen LogP contribution < -0.4 is 11.7 Å². The molecule has 0 saturated carbocycles. The Morgan fingerprint density at radius 3 is 2.00 bits per heavy atom. The summed E-state index contributed by atoms with van der Waals surface area (Å²) in [6, 6.07) is 0.356. The summed E-state index contributed by atoms with van der Waals surface area (Å²) in [6.45, 7) is 4.22. The van der Waals surface area contributed by atoms with Crippen LogP contribution in [0.15, 0.2) is 0 Å². The molecule has 4 N–H and O–H groups in total. The van der Waals surface area contributed by atoms with Crippen molar-refractivity contribution in [2.45, 2.75) is 39.2 Å². The molecule has 1 unspecified atom stereocenters. The zero-order valence-corrected chi connectivity index (χ0v) is 6.30. The molecule has 0 aliphatic heterocycles. The average molecular weight is 131 g/mol. The van der Waals surface area contributed by atoms with Gasteiger partial charge in [0, 0.05) is 6.04 Å². The van der Waals surface area contributed by atoms with Crippen molar-refractivity contribution in [3.63, 3.8) is 0 Å². The first-order chi connectivity index (χ1) is 4.22. The number of hydrogen-bond acceptors (Lipinski definition) is 3. The Balaban J connectivity index is 3.41. The molecule has 1 atom stereocenters. The van der Waals surface area contributed by atoms with E-state index in [1.54, 1.807) is 0 Å². The van der Waals surface area contributed by atoms with Crippen molar-refractivity contribution in [1.82, 2.24) is 5.12 Å². The first-order valence-corrected chi connectivity index (χ1v) is 3.51. The van der Waals surface area contributed by atoms with Crippen LogP contribution in [0.2, 0.25) is 0 Å². The Hall–Kier alpha value is -0.120. The maximum absolute atomic E-state index is 5.34. The molecule has 0 aliphatic rings. The van der Waals surface area contributed by atoms with Gasteiger partial charge in [-0.05, 0) is 12.8 Å². The van der Waals surface area contributed by atoms with Crippen LogP contribution in [0.3, 0.4) is 0 Å². The molecule has 3 nitrogen and oxygen atoms in total. The number of hydrogen-bond donors (Lipinski definition) is 2. The highest BCUT2D eigenvalue weighted by molar-refractivity contribution is 4.58. The average Bonchev–Trinajstić information content (AvgIpc) is 1.82. The summed E-state index contributed by atoms with van der Waals surface area (Å²) < 4.78 is 0. The molecule has 0 aliphatic carbocycles. The van der Waals surface area contributed by atoms with Crippen LogP contribution >= 0.6 is 0 Å². The fourth-order valence-electron chi connectivity index (χ4n) is 0.897. The largest absolute Gasteiger partial charge is 0.255 e. The Labute approximate surface area is 56.9 Å². The molecule has 56 valence electrons. The minimum atomic E-state index is 0.356. The van der Waals surface area contributed by atoms with Crippen molar-refractivity contribution in [1.29, 1.82) is 0 Å². The van der Waals surface area contributed by atoms with Crippen molar-refractivity contribution >= 4 is 0 Å². The lowest BCUT2D eigenvalue weighted by atomic mass is 10.1. The molecular formula is C6H17N3. The zero-order valence-electron chi connectivity index (χ0n) is 6.30. The fourth-order valence-corrected chi connectivity index (χ4v) is 0.897. The molecule has 0 heterocycles. The zero-order chi connectivity index (χ0) is 7.28. The third-order valence-corrected chi connectivity index (χ3v) is 1.51. The van der Waals surface area contributed by atoms with Gasteiger partial charge >= 0.3 is 0 Å². The maximum atomic E-state index is 5.34. The van der Waals surface area contributed by atoms with E-state index in [-0.39, 0.29) is 0 Å². The molecule has 0 aromatic heterocycles. The van der Waals surface area contributed by atoms with Gasteiger partial charge in [-0.3, -0.25) is 11.7 Å². The SMILES string of the molecule is CCCC(CC)N(N)N. The van der Waals surface area contributed by atoms with Crippen molar-refractivity contribution < 1.29 is 0 Å². The quantitative estimate of drug-likeness (QED) is 0.434. The number of hydrazine groups is 2. The third-order valence-electron chi connectivity index (χ3n) is 1.51. The van der Waals surface area contributed by atoms with E-state index in [2.05, 4.69) is 13.8 Å². The van der Waals surface area contributed by atoms with Gasteiger partial charge in [0.1, 0.15) is 0 Å². The monoisotopic (exact) mass is 131 g/mol. The van der Waals surface area contributed by atoms with Crippen LogP contribution in [-0.4, -0.2) is 11.2 Å². The maximum Gasteiger partial charge on any atom is 0.0392 e. The van der Waals surface area contributed by atoms with Crippen LogP contribution in [0, 0.1) is 0 Å². The van der Waals surface area contributed by atoms with E-state index < -0.39 is 0 Å². The van der Waals surface area contributed by atoms with E-state index >= 15 is 0 Å². The summed E-state index contributed by atoms with van der Waals surface area (Å²) in [7, 11) is 0. The van der Waals surface area contributed by atoms with Gasteiger partial charge in [0.2, 0.25) is 0 Å². The first-order valence-electron chi connectivity index (χ1n) is 3.51. The van der Waals surface area contributed by atoms with E-state index in [0.717, 1.165) is 19.3 Å². The Bertz CT molecular complexity index is 63.3. The van der Waals surface area contributed by atoms with Crippen LogP contribution in [0.25, 0.3) is 0 Å². The second kappa shape index (κ2) is 4.73. The molecule has 9 heavy (non-hydrogen) atoms. The molecule has 0 rings (SSSR count). The first kappa shape index (κ1) is 8.88. The Morgan fingerprint density at radius 2 is 1.89 bits per heavy atom. The highest BCUT2D eigenvalue weighted by Gasteiger charge is 2.06. The third kappa shape index (κ3) is 3.46. The second-order valence-electron chi connectivity index (χ2n) is 2.30. The topological polar surface area (TPSA) is 55.3 Å². The van der Waals surface area contributed by atoms with Crippen LogP contribution in [0.4, 0.5) is 0 Å². The molecule has 0 fully saturated rings. The number of nitrogens with zero attached hydrogens (tertiary/aromatic N) is 1. The molecule has 0 aromatic rings. The van der Waals surface area contributed by atoms with Gasteiger partial charge in [-0.15, -0.1) is 0 Å². The number of nitrogens with two attached hydrogens (primary N) is 2. The summed E-state index contributed by atoms with van der Waals surface area (Å²) in [6.07, 6.45) is 3.26. The van der Waals surface area contributed by atoms with Gasteiger partial charge in [-0.25, -0.2) is 0 Å². The van der Waals surface area contributed by atoms with Gasteiger partial charge in [-0.1, -0.05) is 20.3 Å². The standard InChI is InChI=1S/C6H17N3/c1-3-5-6(4-2)9(7)8/h6H,3-5,7-8H2,1-2H3. The van der Waals surface area contributed by atoms with Gasteiger partial charge in [0.25, 0.3) is 0 Å². The summed E-state index contributed by atoms with van der Waals surface area (Å²) >= 11 is 0. The minimum absolute atomic E-state index is 0.356. The predicted molar refractivity (Wildman–Crippen MR) is 39.2 cm³/mol. The summed E-state index contributed by atoms with van der Waals surface area (Å²) in [4.78, 5) is 0. The minimum Gasteiger partial charge on any atom is -0.255 e. The molecular weight excluding hydrogens is 114 g/mol. The normalized spacial score (nSPS) is 14.3. The lowest BCUT2D eigenvalue weighted by molar-refractivity contribution is 0.188. The highest BCUT2D eigenvalue weighted by atomic mass is 15.6. The molecule has 0 spiro atoms. The van der Waals surface area contributed by atoms with Gasteiger partial charge in [-0.2, -0.15) is 5.12 Å². The summed E-state index contributed by atoms with van der Waals surface area (Å²) in [5.74, 6) is 10.7. The van der Waals surface area contributed by atoms with Gasteiger partial charge in [0.05, 0.1) is 0 Å².